The number of anilines is 2. The highest BCUT2D eigenvalue weighted by Crippen LogP contribution is 2.33. The molecule has 2 amide bonds. The van der Waals surface area contributed by atoms with Gasteiger partial charge in [0.25, 0.3) is 0 Å². The lowest BCUT2D eigenvalue weighted by atomic mass is 10.1. The first-order chi connectivity index (χ1) is 13.8. The molecule has 2 N–H and O–H groups in total. The Morgan fingerprint density at radius 1 is 1.24 bits per heavy atom. The van der Waals surface area contributed by atoms with Gasteiger partial charge < -0.3 is 10.6 Å². The quantitative estimate of drug-likeness (QED) is 0.726. The molecule has 0 radical (unpaired) electrons. The predicted octanol–water partition coefficient (Wildman–Crippen LogP) is 3.73. The Hall–Kier alpha value is -2.32. The monoisotopic (exact) mass is 432 g/mol. The van der Waals surface area contributed by atoms with Crippen molar-refractivity contribution in [1.82, 2.24) is 0 Å². The molecule has 1 unspecified atom stereocenters. The number of sulfone groups is 1. The van der Waals surface area contributed by atoms with Crippen LogP contribution in [0, 0.1) is 5.92 Å². The molecule has 29 heavy (non-hydrogen) atoms. The maximum Gasteiger partial charge on any atom is 0.228 e. The second kappa shape index (κ2) is 9.00. The number of aryl methyl sites for hydroxylation is 1. The van der Waals surface area contributed by atoms with Gasteiger partial charge >= 0.3 is 0 Å². The summed E-state index contributed by atoms with van der Waals surface area (Å²) in [6, 6.07) is 12.2. The molecule has 0 aromatic heterocycles. The molecular formula is C21H24N2O4S2. The lowest BCUT2D eigenvalue weighted by Gasteiger charge is -2.14. The van der Waals surface area contributed by atoms with Crippen LogP contribution in [0.15, 0.2) is 52.3 Å². The summed E-state index contributed by atoms with van der Waals surface area (Å²) in [7, 11) is -3.69. The van der Waals surface area contributed by atoms with Crippen molar-refractivity contribution in [3.63, 3.8) is 0 Å². The number of hydrogen-bond donors (Lipinski definition) is 2. The van der Waals surface area contributed by atoms with Gasteiger partial charge in [-0.1, -0.05) is 26.0 Å². The molecule has 1 aliphatic heterocycles. The third-order valence-corrected chi connectivity index (χ3v) is 7.68. The van der Waals surface area contributed by atoms with Crippen LogP contribution in [0.1, 0.15) is 25.8 Å². The van der Waals surface area contributed by atoms with E-state index in [0.29, 0.717) is 23.5 Å². The van der Waals surface area contributed by atoms with Crippen molar-refractivity contribution in [3.8, 4) is 0 Å². The Morgan fingerprint density at radius 3 is 2.79 bits per heavy atom. The minimum Gasteiger partial charge on any atom is -0.326 e. The SMILES string of the molecule is CCc1cccc(NC(=O)C(C)CS(=O)(=O)c2ccc3c(c2)NC(=O)CCS3)c1. The molecule has 1 atom stereocenters. The Kier molecular flexibility index (Phi) is 6.64. The number of hydrogen-bond acceptors (Lipinski definition) is 5. The number of thioether (sulfide) groups is 1. The van der Waals surface area contributed by atoms with Gasteiger partial charge in [-0.25, -0.2) is 8.42 Å². The standard InChI is InChI=1S/C21H24N2O4S2/c1-3-15-5-4-6-16(11-15)22-21(25)14(2)13-29(26,27)17-7-8-19-18(12-17)23-20(24)9-10-28-19/h4-8,11-12,14H,3,9-10,13H2,1-2H3,(H,22,25)(H,23,24). The molecule has 0 saturated carbocycles. The van der Waals surface area contributed by atoms with E-state index < -0.39 is 15.8 Å². The summed E-state index contributed by atoms with van der Waals surface area (Å²) in [6.45, 7) is 3.62. The molecule has 0 saturated heterocycles. The van der Waals surface area contributed by atoms with Crippen molar-refractivity contribution in [2.24, 2.45) is 5.92 Å². The lowest BCUT2D eigenvalue weighted by Crippen LogP contribution is -2.27. The molecule has 0 bridgehead atoms. The Labute approximate surface area is 175 Å². The van der Waals surface area contributed by atoms with Crippen molar-refractivity contribution in [3.05, 3.63) is 48.0 Å². The molecule has 0 fully saturated rings. The van der Waals surface area contributed by atoms with Crippen LogP contribution in [0.5, 0.6) is 0 Å². The minimum atomic E-state index is -3.69. The van der Waals surface area contributed by atoms with Crippen LogP contribution >= 0.6 is 11.8 Å². The summed E-state index contributed by atoms with van der Waals surface area (Å²) in [5.41, 5.74) is 2.25. The normalized spacial score (nSPS) is 15.0. The van der Waals surface area contributed by atoms with Gasteiger partial charge in [0.2, 0.25) is 11.8 Å². The highest BCUT2D eigenvalue weighted by atomic mass is 32.2. The fourth-order valence-electron chi connectivity index (χ4n) is 3.03. The van der Waals surface area contributed by atoms with Gasteiger partial charge in [0.05, 0.1) is 16.3 Å². The van der Waals surface area contributed by atoms with Crippen LogP contribution in [0.2, 0.25) is 0 Å². The van der Waals surface area contributed by atoms with Crippen LogP contribution in [0.3, 0.4) is 0 Å². The zero-order valence-corrected chi connectivity index (χ0v) is 18.0. The largest absolute Gasteiger partial charge is 0.326 e. The van der Waals surface area contributed by atoms with Crippen molar-refractivity contribution < 1.29 is 18.0 Å². The van der Waals surface area contributed by atoms with E-state index in [0.717, 1.165) is 16.9 Å². The first-order valence-electron chi connectivity index (χ1n) is 9.48. The molecular weight excluding hydrogens is 408 g/mol. The molecule has 1 heterocycles. The van der Waals surface area contributed by atoms with Gasteiger partial charge in [0.1, 0.15) is 0 Å². The van der Waals surface area contributed by atoms with E-state index in [2.05, 4.69) is 10.6 Å². The molecule has 1 aliphatic rings. The number of rotatable bonds is 6. The number of carbonyl (C=O) groups is 2. The molecule has 3 rings (SSSR count). The molecule has 2 aromatic carbocycles. The Bertz CT molecular complexity index is 1030. The molecule has 0 spiro atoms. The molecule has 154 valence electrons. The van der Waals surface area contributed by atoms with E-state index in [1.807, 2.05) is 25.1 Å². The van der Waals surface area contributed by atoms with Crippen molar-refractivity contribution in [2.75, 3.05) is 22.1 Å². The lowest BCUT2D eigenvalue weighted by molar-refractivity contribution is -0.119. The van der Waals surface area contributed by atoms with Crippen LogP contribution in [0.25, 0.3) is 0 Å². The van der Waals surface area contributed by atoms with Gasteiger partial charge in [0, 0.05) is 28.7 Å². The van der Waals surface area contributed by atoms with E-state index >= 15 is 0 Å². The molecule has 8 heteroatoms. The highest BCUT2D eigenvalue weighted by molar-refractivity contribution is 7.99. The molecule has 6 nitrogen and oxygen atoms in total. The first kappa shape index (κ1) is 21.4. The van der Waals surface area contributed by atoms with Gasteiger partial charge in [-0.3, -0.25) is 9.59 Å². The molecule has 2 aromatic rings. The summed E-state index contributed by atoms with van der Waals surface area (Å²) < 4.78 is 25.7. The van der Waals surface area contributed by atoms with E-state index in [1.165, 1.54) is 23.9 Å². The number of benzene rings is 2. The fraction of sp³-hybridized carbons (Fsp3) is 0.333. The number of fused-ring (bicyclic) bond motifs is 1. The summed E-state index contributed by atoms with van der Waals surface area (Å²) in [5.74, 6) is -0.866. The zero-order chi connectivity index (χ0) is 21.0. The smallest absolute Gasteiger partial charge is 0.228 e. The number of carbonyl (C=O) groups excluding carboxylic acids is 2. The number of amides is 2. The van der Waals surface area contributed by atoms with Crippen LogP contribution in [-0.2, 0) is 25.8 Å². The van der Waals surface area contributed by atoms with Gasteiger partial charge in [-0.15, -0.1) is 11.8 Å². The topological polar surface area (TPSA) is 92.3 Å². The summed E-state index contributed by atoms with van der Waals surface area (Å²) in [6.07, 6.45) is 1.23. The van der Waals surface area contributed by atoms with Crippen molar-refractivity contribution >= 4 is 44.8 Å². The first-order valence-corrected chi connectivity index (χ1v) is 12.1. The third kappa shape index (κ3) is 5.39. The minimum absolute atomic E-state index is 0.103. The van der Waals surface area contributed by atoms with Gasteiger partial charge in [-0.05, 0) is 42.3 Å². The maximum absolute atomic E-state index is 12.9. The van der Waals surface area contributed by atoms with Gasteiger partial charge in [-0.2, -0.15) is 0 Å². The zero-order valence-electron chi connectivity index (χ0n) is 16.4. The highest BCUT2D eigenvalue weighted by Gasteiger charge is 2.25. The summed E-state index contributed by atoms with van der Waals surface area (Å²) in [5, 5.41) is 5.54. The second-order valence-corrected chi connectivity index (χ2v) is 10.2. The summed E-state index contributed by atoms with van der Waals surface area (Å²) >= 11 is 1.51. The Morgan fingerprint density at radius 2 is 2.03 bits per heavy atom. The van der Waals surface area contributed by atoms with Crippen molar-refractivity contribution in [1.29, 1.82) is 0 Å². The fourth-order valence-corrected chi connectivity index (χ4v) is 5.54. The van der Waals surface area contributed by atoms with Crippen LogP contribution in [-0.4, -0.2) is 31.7 Å². The second-order valence-electron chi connectivity index (χ2n) is 7.03. The predicted molar refractivity (Wildman–Crippen MR) is 116 cm³/mol. The average molecular weight is 433 g/mol. The van der Waals surface area contributed by atoms with Crippen molar-refractivity contribution in [2.45, 2.75) is 36.5 Å². The van der Waals surface area contributed by atoms with Crippen LogP contribution < -0.4 is 10.6 Å². The van der Waals surface area contributed by atoms with Gasteiger partial charge in [0.15, 0.2) is 9.84 Å². The molecule has 0 aliphatic carbocycles. The maximum atomic E-state index is 12.9. The number of nitrogens with one attached hydrogen (secondary N) is 2. The third-order valence-electron chi connectivity index (χ3n) is 4.69. The van der Waals surface area contributed by atoms with E-state index in [-0.39, 0.29) is 22.5 Å². The van der Waals surface area contributed by atoms with E-state index in [1.54, 1.807) is 19.1 Å². The van der Waals surface area contributed by atoms with E-state index in [9.17, 15) is 18.0 Å². The average Bonchev–Trinajstić information content (AvgIpc) is 2.87. The Balaban J connectivity index is 1.73. The van der Waals surface area contributed by atoms with Crippen LogP contribution in [0.4, 0.5) is 11.4 Å². The van der Waals surface area contributed by atoms with E-state index in [4.69, 9.17) is 0 Å². The summed E-state index contributed by atoms with van der Waals surface area (Å²) in [4.78, 5) is 25.2.